The highest BCUT2D eigenvalue weighted by molar-refractivity contribution is 5.67. The van der Waals surface area contributed by atoms with Crippen LogP contribution in [0, 0.1) is 43.4 Å². The molecule has 172 valence electrons. The second-order valence-corrected chi connectivity index (χ2v) is 8.77. The fourth-order valence-corrected chi connectivity index (χ4v) is 4.28. The van der Waals surface area contributed by atoms with Gasteiger partial charge in [0.15, 0.2) is 0 Å². The average Bonchev–Trinajstić information content (AvgIpc) is 2.84. The minimum Gasteiger partial charge on any atom is -0.456 e. The van der Waals surface area contributed by atoms with Crippen LogP contribution in [-0.4, -0.2) is 31.1 Å². The number of piperazine rings is 1. The zero-order chi connectivity index (χ0) is 24.1. The van der Waals surface area contributed by atoms with E-state index in [0.29, 0.717) is 11.1 Å². The van der Waals surface area contributed by atoms with Crippen LogP contribution in [0.2, 0.25) is 0 Å². The normalized spacial score (nSPS) is 13.7. The molecule has 6 heteroatoms. The summed E-state index contributed by atoms with van der Waals surface area (Å²) in [6.45, 7) is 10.8. The number of hydrogen-bond acceptors (Lipinski definition) is 6. The molecule has 2 N–H and O–H groups in total. The first-order valence-electron chi connectivity index (χ1n) is 11.5. The number of nitrogens with zero attached hydrogens (tertiary/aromatic N) is 3. The highest BCUT2D eigenvalue weighted by Gasteiger charge is 2.17. The van der Waals surface area contributed by atoms with Gasteiger partial charge in [0.1, 0.15) is 11.5 Å². The van der Waals surface area contributed by atoms with Crippen LogP contribution in [0.4, 0.5) is 11.4 Å². The lowest BCUT2D eigenvalue weighted by Gasteiger charge is -2.28. The summed E-state index contributed by atoms with van der Waals surface area (Å²) in [6, 6.07) is 19.8. The maximum atomic E-state index is 9.31. The molecule has 0 aliphatic carbocycles. The standard InChI is InChI=1S/C28H29N5O/c1-19-14-24(18-33-10-8-31-9-11-33)27(34-28-20(2)12-23(17-30)13-21(28)3)15-26(19)32-25-6-4-22(16-29)5-7-25/h4-7,12-15,31-32H,8-11,18H2,1-3H3. The maximum absolute atomic E-state index is 9.31. The predicted molar refractivity (Wildman–Crippen MR) is 134 cm³/mol. The van der Waals surface area contributed by atoms with E-state index in [1.54, 1.807) is 12.1 Å². The zero-order valence-electron chi connectivity index (χ0n) is 19.9. The SMILES string of the molecule is Cc1cc(CN2CCNCC2)c(Oc2c(C)cc(C#N)cc2C)cc1Nc1ccc(C#N)cc1. The Kier molecular flexibility index (Phi) is 7.13. The van der Waals surface area contributed by atoms with Gasteiger partial charge in [-0.3, -0.25) is 4.90 Å². The minimum atomic E-state index is 0.629. The van der Waals surface area contributed by atoms with Crippen LogP contribution in [0.25, 0.3) is 0 Å². The first kappa shape index (κ1) is 23.3. The second-order valence-electron chi connectivity index (χ2n) is 8.77. The van der Waals surface area contributed by atoms with Crippen molar-refractivity contribution < 1.29 is 4.74 Å². The van der Waals surface area contributed by atoms with Crippen LogP contribution >= 0.6 is 0 Å². The van der Waals surface area contributed by atoms with Crippen molar-refractivity contribution in [1.82, 2.24) is 10.2 Å². The van der Waals surface area contributed by atoms with E-state index in [1.165, 1.54) is 0 Å². The van der Waals surface area contributed by atoms with Crippen molar-refractivity contribution in [3.8, 4) is 23.6 Å². The molecule has 0 bridgehead atoms. The quantitative estimate of drug-likeness (QED) is 0.529. The Morgan fingerprint density at radius 3 is 2.15 bits per heavy atom. The van der Waals surface area contributed by atoms with Crippen LogP contribution in [0.15, 0.2) is 48.5 Å². The summed E-state index contributed by atoms with van der Waals surface area (Å²) in [7, 11) is 0. The fraction of sp³-hybridized carbons (Fsp3) is 0.286. The number of ether oxygens (including phenoxy) is 1. The fourth-order valence-electron chi connectivity index (χ4n) is 4.28. The third-order valence-electron chi connectivity index (χ3n) is 6.11. The summed E-state index contributed by atoms with van der Waals surface area (Å²) in [4.78, 5) is 2.43. The Morgan fingerprint density at radius 2 is 1.53 bits per heavy atom. The third-order valence-corrected chi connectivity index (χ3v) is 6.11. The van der Waals surface area contributed by atoms with E-state index < -0.39 is 0 Å². The Labute approximate surface area is 201 Å². The zero-order valence-corrected chi connectivity index (χ0v) is 19.9. The van der Waals surface area contributed by atoms with E-state index in [4.69, 9.17) is 10.00 Å². The summed E-state index contributed by atoms with van der Waals surface area (Å²) in [5.74, 6) is 1.59. The molecule has 0 spiro atoms. The monoisotopic (exact) mass is 451 g/mol. The van der Waals surface area contributed by atoms with Crippen LogP contribution in [0.1, 0.15) is 33.4 Å². The third kappa shape index (κ3) is 5.38. The summed E-state index contributed by atoms with van der Waals surface area (Å²) in [6.07, 6.45) is 0. The molecule has 1 heterocycles. The number of nitriles is 2. The molecule has 1 aliphatic heterocycles. The molecule has 0 saturated carbocycles. The summed E-state index contributed by atoms with van der Waals surface area (Å²) >= 11 is 0. The lowest BCUT2D eigenvalue weighted by atomic mass is 10.0. The molecule has 6 nitrogen and oxygen atoms in total. The van der Waals surface area contributed by atoms with Crippen LogP contribution in [-0.2, 0) is 6.54 Å². The van der Waals surface area contributed by atoms with Gasteiger partial charge in [-0.15, -0.1) is 0 Å². The van der Waals surface area contributed by atoms with Gasteiger partial charge in [0.25, 0.3) is 0 Å². The first-order valence-corrected chi connectivity index (χ1v) is 11.5. The van der Waals surface area contributed by atoms with Crippen molar-refractivity contribution in [3.05, 3.63) is 81.9 Å². The topological polar surface area (TPSA) is 84.1 Å². The largest absolute Gasteiger partial charge is 0.456 e. The first-order chi connectivity index (χ1) is 16.5. The Bertz CT molecular complexity index is 1240. The van der Waals surface area contributed by atoms with Crippen molar-refractivity contribution >= 4 is 11.4 Å². The molecule has 0 amide bonds. The molecule has 34 heavy (non-hydrogen) atoms. The number of hydrogen-bond donors (Lipinski definition) is 2. The van der Waals surface area contributed by atoms with E-state index in [0.717, 1.165) is 77.9 Å². The minimum absolute atomic E-state index is 0.629. The van der Waals surface area contributed by atoms with E-state index >= 15 is 0 Å². The highest BCUT2D eigenvalue weighted by Crippen LogP contribution is 2.36. The predicted octanol–water partition coefficient (Wildman–Crippen LogP) is 5.30. The summed E-state index contributed by atoms with van der Waals surface area (Å²) < 4.78 is 6.55. The average molecular weight is 452 g/mol. The maximum Gasteiger partial charge on any atom is 0.134 e. The molecule has 0 atom stereocenters. The number of aryl methyl sites for hydroxylation is 3. The van der Waals surface area contributed by atoms with Crippen molar-refractivity contribution in [2.75, 3.05) is 31.5 Å². The van der Waals surface area contributed by atoms with Gasteiger partial charge < -0.3 is 15.4 Å². The molecule has 0 aromatic heterocycles. The second kappa shape index (κ2) is 10.4. The van der Waals surface area contributed by atoms with Crippen molar-refractivity contribution in [1.29, 1.82) is 10.5 Å². The van der Waals surface area contributed by atoms with Gasteiger partial charge in [0.05, 0.1) is 23.3 Å². The molecular weight excluding hydrogens is 422 g/mol. The van der Waals surface area contributed by atoms with Gasteiger partial charge in [-0.1, -0.05) is 0 Å². The van der Waals surface area contributed by atoms with Gasteiger partial charge >= 0.3 is 0 Å². The molecule has 1 saturated heterocycles. The van der Waals surface area contributed by atoms with E-state index in [1.807, 2.05) is 38.1 Å². The smallest absolute Gasteiger partial charge is 0.134 e. The van der Waals surface area contributed by atoms with E-state index in [2.05, 4.69) is 46.7 Å². The molecule has 0 unspecified atom stereocenters. The van der Waals surface area contributed by atoms with Gasteiger partial charge in [0, 0.05) is 55.7 Å². The number of nitrogens with one attached hydrogen (secondary N) is 2. The summed E-state index contributed by atoms with van der Waals surface area (Å²) in [5.41, 5.74) is 7.25. The van der Waals surface area contributed by atoms with Crippen molar-refractivity contribution in [2.24, 2.45) is 0 Å². The van der Waals surface area contributed by atoms with Crippen molar-refractivity contribution in [2.45, 2.75) is 27.3 Å². The number of benzene rings is 3. The molecule has 3 aromatic carbocycles. The van der Waals surface area contributed by atoms with E-state index in [-0.39, 0.29) is 0 Å². The molecule has 3 aromatic rings. The molecule has 1 aliphatic rings. The van der Waals surface area contributed by atoms with Gasteiger partial charge in [-0.2, -0.15) is 10.5 Å². The van der Waals surface area contributed by atoms with Gasteiger partial charge in [0.2, 0.25) is 0 Å². The Hall–Kier alpha value is -3.84. The van der Waals surface area contributed by atoms with Crippen LogP contribution in [0.3, 0.4) is 0 Å². The van der Waals surface area contributed by atoms with Gasteiger partial charge in [-0.05, 0) is 79.9 Å². The summed E-state index contributed by atoms with van der Waals surface area (Å²) in [5, 5.41) is 25.3. The molecule has 1 fully saturated rings. The van der Waals surface area contributed by atoms with Gasteiger partial charge in [-0.25, -0.2) is 0 Å². The van der Waals surface area contributed by atoms with Crippen LogP contribution in [0.5, 0.6) is 11.5 Å². The Morgan fingerprint density at radius 1 is 0.882 bits per heavy atom. The van der Waals surface area contributed by atoms with E-state index in [9.17, 15) is 5.26 Å². The van der Waals surface area contributed by atoms with Crippen molar-refractivity contribution in [3.63, 3.8) is 0 Å². The lowest BCUT2D eigenvalue weighted by molar-refractivity contribution is 0.231. The van der Waals surface area contributed by atoms with Crippen LogP contribution < -0.4 is 15.4 Å². The Balaban J connectivity index is 1.70. The number of rotatable bonds is 6. The molecule has 4 rings (SSSR count). The lowest BCUT2D eigenvalue weighted by Crippen LogP contribution is -2.42. The molecular formula is C28H29N5O. The highest BCUT2D eigenvalue weighted by atomic mass is 16.5. The number of anilines is 2. The molecule has 0 radical (unpaired) electrons.